The van der Waals surface area contributed by atoms with Crippen molar-refractivity contribution in [2.24, 2.45) is 5.92 Å². The first kappa shape index (κ1) is 18.4. The van der Waals surface area contributed by atoms with Crippen LogP contribution in [0.5, 0.6) is 0 Å². The predicted molar refractivity (Wildman–Crippen MR) is 90.9 cm³/mol. The predicted octanol–water partition coefficient (Wildman–Crippen LogP) is 1.13. The summed E-state index contributed by atoms with van der Waals surface area (Å²) < 4.78 is 25.4. The summed E-state index contributed by atoms with van der Waals surface area (Å²) in [5, 5.41) is 2.76. The average molecular weight is 353 g/mol. The van der Waals surface area contributed by atoms with Crippen molar-refractivity contribution in [2.45, 2.75) is 24.7 Å². The molecule has 24 heavy (non-hydrogen) atoms. The van der Waals surface area contributed by atoms with Gasteiger partial charge in [0.2, 0.25) is 21.8 Å². The smallest absolute Gasteiger partial charge is 0.242 e. The van der Waals surface area contributed by atoms with Crippen molar-refractivity contribution in [1.82, 2.24) is 9.21 Å². The number of piperidine rings is 1. The van der Waals surface area contributed by atoms with E-state index in [-0.39, 0.29) is 22.6 Å². The zero-order valence-corrected chi connectivity index (χ0v) is 15.0. The Bertz CT molecular complexity index is 731. The Hall–Kier alpha value is -1.93. The molecule has 1 N–H and O–H groups in total. The zero-order valence-electron chi connectivity index (χ0n) is 14.2. The summed E-state index contributed by atoms with van der Waals surface area (Å²) in [5.41, 5.74) is 0.433. The molecule has 0 aromatic heterocycles. The van der Waals surface area contributed by atoms with Gasteiger partial charge in [-0.2, -0.15) is 0 Å². The maximum atomic E-state index is 12.4. The Kier molecular flexibility index (Phi) is 5.61. The van der Waals surface area contributed by atoms with E-state index in [1.807, 2.05) is 0 Å². The van der Waals surface area contributed by atoms with E-state index in [0.29, 0.717) is 25.2 Å². The van der Waals surface area contributed by atoms with Crippen LogP contribution in [-0.2, 0) is 19.6 Å². The van der Waals surface area contributed by atoms with Crippen LogP contribution in [0.15, 0.2) is 29.2 Å². The van der Waals surface area contributed by atoms with Gasteiger partial charge < -0.3 is 10.2 Å². The summed E-state index contributed by atoms with van der Waals surface area (Å²) >= 11 is 0. The third kappa shape index (κ3) is 4.12. The Morgan fingerprint density at radius 3 is 2.62 bits per heavy atom. The lowest BCUT2D eigenvalue weighted by atomic mass is 9.97. The fraction of sp³-hybridized carbons (Fsp3) is 0.500. The quantitative estimate of drug-likeness (QED) is 0.879. The first-order valence-electron chi connectivity index (χ1n) is 7.81. The minimum atomic E-state index is -3.55. The number of carbonyl (C=O) groups excluding carboxylic acids is 2. The van der Waals surface area contributed by atoms with Gasteiger partial charge in [0.1, 0.15) is 0 Å². The third-order valence-corrected chi connectivity index (χ3v) is 5.93. The molecule has 1 aromatic carbocycles. The molecule has 2 rings (SSSR count). The van der Waals surface area contributed by atoms with E-state index >= 15 is 0 Å². The zero-order chi connectivity index (χ0) is 17.9. The van der Waals surface area contributed by atoms with Gasteiger partial charge in [-0.1, -0.05) is 6.07 Å². The number of amides is 2. The fourth-order valence-corrected chi connectivity index (χ4v) is 3.61. The molecule has 1 heterocycles. The topological polar surface area (TPSA) is 86.8 Å². The molecule has 1 aliphatic rings. The van der Waals surface area contributed by atoms with Crippen molar-refractivity contribution < 1.29 is 18.0 Å². The van der Waals surface area contributed by atoms with E-state index in [1.54, 1.807) is 17.0 Å². The molecule has 2 amide bonds. The second kappa shape index (κ2) is 7.31. The normalized spacial score (nSPS) is 18.5. The highest BCUT2D eigenvalue weighted by atomic mass is 32.2. The van der Waals surface area contributed by atoms with Crippen LogP contribution in [-0.4, -0.2) is 56.6 Å². The number of hydrogen-bond donors (Lipinski definition) is 1. The summed E-state index contributed by atoms with van der Waals surface area (Å²) in [4.78, 5) is 25.7. The number of benzene rings is 1. The molecular weight excluding hydrogens is 330 g/mol. The van der Waals surface area contributed by atoms with Gasteiger partial charge >= 0.3 is 0 Å². The summed E-state index contributed by atoms with van der Waals surface area (Å²) in [6.07, 6.45) is 1.50. The molecule has 0 saturated carbocycles. The molecule has 1 fully saturated rings. The molecule has 8 heteroatoms. The van der Waals surface area contributed by atoms with Gasteiger partial charge in [0, 0.05) is 39.8 Å². The summed E-state index contributed by atoms with van der Waals surface area (Å²) in [5.74, 6) is -0.510. The summed E-state index contributed by atoms with van der Waals surface area (Å²) in [7, 11) is -0.636. The Labute approximate surface area is 142 Å². The van der Waals surface area contributed by atoms with E-state index in [1.165, 1.54) is 33.2 Å². The van der Waals surface area contributed by atoms with Crippen LogP contribution in [0, 0.1) is 5.92 Å². The number of sulfonamides is 1. The van der Waals surface area contributed by atoms with Gasteiger partial charge in [0.05, 0.1) is 10.8 Å². The van der Waals surface area contributed by atoms with Gasteiger partial charge in [-0.15, -0.1) is 0 Å². The summed E-state index contributed by atoms with van der Waals surface area (Å²) in [6.45, 7) is 2.57. The van der Waals surface area contributed by atoms with Crippen LogP contribution < -0.4 is 5.32 Å². The standard InChI is InChI=1S/C16H23N3O4S/c1-12(20)19-9-5-6-13(11-19)16(21)17-14-7-4-8-15(10-14)24(22,23)18(2)3/h4,7-8,10,13H,5-6,9,11H2,1-3H3,(H,17,21)/t13-/m1/s1. The largest absolute Gasteiger partial charge is 0.342 e. The molecule has 1 aromatic rings. The molecule has 0 aliphatic carbocycles. The van der Waals surface area contributed by atoms with Crippen molar-refractivity contribution in [1.29, 1.82) is 0 Å². The molecule has 0 spiro atoms. The number of rotatable bonds is 4. The van der Waals surface area contributed by atoms with E-state index < -0.39 is 10.0 Å². The Balaban J connectivity index is 2.11. The first-order chi connectivity index (χ1) is 11.2. The number of anilines is 1. The van der Waals surface area contributed by atoms with Crippen molar-refractivity contribution in [3.63, 3.8) is 0 Å². The molecule has 1 aliphatic heterocycles. The van der Waals surface area contributed by atoms with Gasteiger partial charge in [-0.3, -0.25) is 9.59 Å². The van der Waals surface area contributed by atoms with Gasteiger partial charge in [0.25, 0.3) is 0 Å². The van der Waals surface area contributed by atoms with E-state index in [0.717, 1.165) is 10.7 Å². The van der Waals surface area contributed by atoms with Crippen LogP contribution in [0.3, 0.4) is 0 Å². The van der Waals surface area contributed by atoms with Crippen LogP contribution >= 0.6 is 0 Å². The second-order valence-corrected chi connectivity index (χ2v) is 8.26. The number of carbonyl (C=O) groups is 2. The lowest BCUT2D eigenvalue weighted by molar-refractivity contribution is -0.132. The van der Waals surface area contributed by atoms with Crippen molar-refractivity contribution in [2.75, 3.05) is 32.5 Å². The summed E-state index contributed by atoms with van der Waals surface area (Å²) in [6, 6.07) is 6.18. The fourth-order valence-electron chi connectivity index (χ4n) is 2.67. The maximum absolute atomic E-state index is 12.4. The van der Waals surface area contributed by atoms with Crippen LogP contribution in [0.25, 0.3) is 0 Å². The Morgan fingerprint density at radius 2 is 2.00 bits per heavy atom. The first-order valence-corrected chi connectivity index (χ1v) is 9.25. The molecule has 0 bridgehead atoms. The second-order valence-electron chi connectivity index (χ2n) is 6.11. The number of nitrogens with one attached hydrogen (secondary N) is 1. The lowest BCUT2D eigenvalue weighted by Gasteiger charge is -2.31. The van der Waals surface area contributed by atoms with Gasteiger partial charge in [0.15, 0.2) is 0 Å². The third-order valence-electron chi connectivity index (χ3n) is 4.12. The van der Waals surface area contributed by atoms with Gasteiger partial charge in [-0.25, -0.2) is 12.7 Å². The minimum absolute atomic E-state index is 0.0356. The molecule has 7 nitrogen and oxygen atoms in total. The van der Waals surface area contributed by atoms with Crippen LogP contribution in [0.1, 0.15) is 19.8 Å². The molecule has 132 valence electrons. The average Bonchev–Trinajstić information content (AvgIpc) is 2.55. The van der Waals surface area contributed by atoms with Crippen LogP contribution in [0.4, 0.5) is 5.69 Å². The highest BCUT2D eigenvalue weighted by Crippen LogP contribution is 2.21. The van der Waals surface area contributed by atoms with Crippen molar-refractivity contribution in [3.05, 3.63) is 24.3 Å². The lowest BCUT2D eigenvalue weighted by Crippen LogP contribution is -2.42. The number of nitrogens with zero attached hydrogens (tertiary/aromatic N) is 2. The van der Waals surface area contributed by atoms with E-state index in [4.69, 9.17) is 0 Å². The minimum Gasteiger partial charge on any atom is -0.342 e. The van der Waals surface area contributed by atoms with E-state index in [9.17, 15) is 18.0 Å². The molecular formula is C16H23N3O4S. The highest BCUT2D eigenvalue weighted by Gasteiger charge is 2.27. The highest BCUT2D eigenvalue weighted by molar-refractivity contribution is 7.89. The molecule has 0 unspecified atom stereocenters. The van der Waals surface area contributed by atoms with Gasteiger partial charge in [-0.05, 0) is 31.0 Å². The Morgan fingerprint density at radius 1 is 1.29 bits per heavy atom. The molecule has 1 atom stereocenters. The SMILES string of the molecule is CC(=O)N1CCC[C@@H](C(=O)Nc2cccc(S(=O)(=O)N(C)C)c2)C1. The number of likely N-dealkylation sites (tertiary alicyclic amines) is 1. The van der Waals surface area contributed by atoms with Crippen molar-refractivity contribution >= 4 is 27.5 Å². The maximum Gasteiger partial charge on any atom is 0.242 e. The van der Waals surface area contributed by atoms with Crippen molar-refractivity contribution in [3.8, 4) is 0 Å². The van der Waals surface area contributed by atoms with E-state index in [2.05, 4.69) is 5.32 Å². The molecule has 0 radical (unpaired) electrons. The van der Waals surface area contributed by atoms with Crippen LogP contribution in [0.2, 0.25) is 0 Å². The molecule has 1 saturated heterocycles. The number of hydrogen-bond acceptors (Lipinski definition) is 4. The monoisotopic (exact) mass is 353 g/mol.